The van der Waals surface area contributed by atoms with Gasteiger partial charge < -0.3 is 14.1 Å². The summed E-state index contributed by atoms with van der Waals surface area (Å²) in [5, 5.41) is 0. The third kappa shape index (κ3) is 3.11. The number of hydrogen-bond acceptors (Lipinski definition) is 4. The molecule has 3 rings (SSSR count). The molecule has 0 unspecified atom stereocenters. The molecule has 2 aromatic heterocycles. The van der Waals surface area contributed by atoms with Crippen LogP contribution in [-0.4, -0.2) is 22.5 Å². The Morgan fingerprint density at radius 2 is 2.08 bits per heavy atom. The summed E-state index contributed by atoms with van der Waals surface area (Å²) < 4.78 is 49.3. The summed E-state index contributed by atoms with van der Waals surface area (Å²) >= 11 is 0. The molecular weight excluding hydrogens is 337 g/mol. The minimum Gasteiger partial charge on any atom is -0.461 e. The summed E-state index contributed by atoms with van der Waals surface area (Å²) in [4.78, 5) is 18.4. The molecule has 3 aromatic rings. The van der Waals surface area contributed by atoms with Gasteiger partial charge in [-0.3, -0.25) is 0 Å². The van der Waals surface area contributed by atoms with Gasteiger partial charge in [0.05, 0.1) is 12.2 Å². The number of esters is 1. The molecule has 0 fully saturated rings. The van der Waals surface area contributed by atoms with E-state index >= 15 is 0 Å². The Hall–Kier alpha value is -2.77. The number of nitrogens with zero attached hydrogens (tertiary/aromatic N) is 1. The maximum absolute atomic E-state index is 13.0. The van der Waals surface area contributed by atoms with E-state index in [1.807, 2.05) is 0 Å². The predicted octanol–water partition coefficient (Wildman–Crippen LogP) is 4.25. The Morgan fingerprint density at radius 1 is 1.32 bits per heavy atom. The smallest absolute Gasteiger partial charge is 0.418 e. The molecule has 5 nitrogen and oxygen atoms in total. The van der Waals surface area contributed by atoms with Gasteiger partial charge >= 0.3 is 12.1 Å². The molecule has 2 heterocycles. The van der Waals surface area contributed by atoms with Gasteiger partial charge in [-0.05, 0) is 31.0 Å². The highest BCUT2D eigenvalue weighted by atomic mass is 19.4. The second-order valence-electron chi connectivity index (χ2n) is 5.51. The molecule has 1 N–H and O–H groups in total. The number of carbonyl (C=O) groups is 1. The number of nitrogens with one attached hydrogen (secondary N) is 1. The predicted molar refractivity (Wildman–Crippen MR) is 83.3 cm³/mol. The normalized spacial score (nSPS) is 11.9. The van der Waals surface area contributed by atoms with Crippen LogP contribution in [-0.2, 0) is 17.3 Å². The van der Waals surface area contributed by atoms with Gasteiger partial charge in [-0.15, -0.1) is 0 Å². The summed E-state index contributed by atoms with van der Waals surface area (Å²) in [6, 6.07) is 2.36. The molecule has 0 aliphatic rings. The Morgan fingerprint density at radius 3 is 2.76 bits per heavy atom. The van der Waals surface area contributed by atoms with E-state index in [1.165, 1.54) is 6.07 Å². The largest absolute Gasteiger partial charge is 0.461 e. The van der Waals surface area contributed by atoms with E-state index < -0.39 is 17.7 Å². The lowest BCUT2D eigenvalue weighted by atomic mass is 10.0. The highest BCUT2D eigenvalue weighted by Crippen LogP contribution is 2.36. The Bertz CT molecular complexity index is 925. The number of alkyl halides is 3. The number of halogens is 3. The molecule has 0 spiro atoms. The van der Waals surface area contributed by atoms with Gasteiger partial charge in [-0.2, -0.15) is 13.2 Å². The van der Waals surface area contributed by atoms with Gasteiger partial charge in [0.1, 0.15) is 11.2 Å². The number of aromatic amines is 1. The number of ether oxygens (including phenoxy) is 1. The maximum Gasteiger partial charge on any atom is 0.418 e. The third-order valence-corrected chi connectivity index (χ3v) is 3.98. The second-order valence-corrected chi connectivity index (χ2v) is 5.51. The van der Waals surface area contributed by atoms with Crippen LogP contribution in [0.15, 0.2) is 29.1 Å². The molecule has 0 saturated heterocycles. The van der Waals surface area contributed by atoms with Crippen molar-refractivity contribution in [1.29, 1.82) is 0 Å². The summed E-state index contributed by atoms with van der Waals surface area (Å²) in [7, 11) is 0. The monoisotopic (exact) mass is 352 g/mol. The molecule has 0 aliphatic carbocycles. The molecule has 0 amide bonds. The summed E-state index contributed by atoms with van der Waals surface area (Å²) in [5.41, 5.74) is 1.37. The van der Waals surface area contributed by atoms with Crippen LogP contribution in [0.4, 0.5) is 13.2 Å². The van der Waals surface area contributed by atoms with Crippen LogP contribution in [0.3, 0.4) is 0 Å². The van der Waals surface area contributed by atoms with Crippen LogP contribution in [0.1, 0.15) is 39.7 Å². The molecule has 0 aliphatic heterocycles. The van der Waals surface area contributed by atoms with Crippen molar-refractivity contribution in [2.45, 2.75) is 26.4 Å². The molecule has 0 saturated carbocycles. The van der Waals surface area contributed by atoms with Gasteiger partial charge in [0.25, 0.3) is 0 Å². The Balaban J connectivity index is 1.98. The van der Waals surface area contributed by atoms with Gasteiger partial charge in [0.2, 0.25) is 0 Å². The number of aromatic nitrogens is 2. The Kier molecular flexibility index (Phi) is 4.28. The van der Waals surface area contributed by atoms with Crippen molar-refractivity contribution in [3.63, 3.8) is 0 Å². The van der Waals surface area contributed by atoms with Crippen LogP contribution >= 0.6 is 0 Å². The van der Waals surface area contributed by atoms with Gasteiger partial charge in [-0.25, -0.2) is 9.78 Å². The van der Waals surface area contributed by atoms with Crippen LogP contribution in [0.2, 0.25) is 0 Å². The summed E-state index contributed by atoms with van der Waals surface area (Å²) in [5.74, 6) is -0.469. The summed E-state index contributed by atoms with van der Waals surface area (Å²) in [6.45, 7) is 3.71. The van der Waals surface area contributed by atoms with Crippen molar-refractivity contribution >= 4 is 17.1 Å². The maximum atomic E-state index is 13.0. The first-order valence-corrected chi connectivity index (χ1v) is 7.59. The molecule has 0 bridgehead atoms. The van der Waals surface area contributed by atoms with Crippen molar-refractivity contribution in [3.8, 4) is 0 Å². The molecular formula is C17H15F3N2O3. The fourth-order valence-corrected chi connectivity index (χ4v) is 2.71. The number of rotatable bonds is 4. The van der Waals surface area contributed by atoms with E-state index in [0.717, 1.165) is 18.0 Å². The number of carbonyl (C=O) groups excluding carboxylic acids is 1. The van der Waals surface area contributed by atoms with Gasteiger partial charge in [-0.1, -0.05) is 6.07 Å². The van der Waals surface area contributed by atoms with Crippen molar-refractivity contribution in [3.05, 3.63) is 52.7 Å². The van der Waals surface area contributed by atoms with Crippen LogP contribution < -0.4 is 0 Å². The quantitative estimate of drug-likeness (QED) is 0.713. The zero-order valence-electron chi connectivity index (χ0n) is 13.5. The third-order valence-electron chi connectivity index (χ3n) is 3.98. The average Bonchev–Trinajstić information content (AvgIpc) is 3.14. The Labute approximate surface area is 140 Å². The van der Waals surface area contributed by atoms with Gasteiger partial charge in [0.15, 0.2) is 12.0 Å². The number of hydrogen-bond donors (Lipinski definition) is 1. The standard InChI is InChI=1S/C17H15F3N2O3/c1-3-24-16(23)13-9(2)11(7-21-13)6-10-4-5-12(17(18,19)20)14-15(10)25-8-22-14/h4-5,7-8,21H,3,6H2,1-2H3. The minimum absolute atomic E-state index is 0.0908. The van der Waals surface area contributed by atoms with E-state index in [-0.39, 0.29) is 17.7 Å². The van der Waals surface area contributed by atoms with Gasteiger partial charge in [0, 0.05) is 18.2 Å². The average molecular weight is 352 g/mol. The van der Waals surface area contributed by atoms with E-state index in [0.29, 0.717) is 23.2 Å². The van der Waals surface area contributed by atoms with E-state index in [4.69, 9.17) is 9.15 Å². The molecule has 25 heavy (non-hydrogen) atoms. The molecule has 132 valence electrons. The number of oxazole rings is 1. The van der Waals surface area contributed by atoms with Crippen LogP contribution in [0, 0.1) is 6.92 Å². The van der Waals surface area contributed by atoms with Crippen molar-refractivity contribution in [2.24, 2.45) is 0 Å². The van der Waals surface area contributed by atoms with Crippen LogP contribution in [0.5, 0.6) is 0 Å². The van der Waals surface area contributed by atoms with Crippen LogP contribution in [0.25, 0.3) is 11.1 Å². The van der Waals surface area contributed by atoms with Crippen molar-refractivity contribution in [2.75, 3.05) is 6.61 Å². The first-order valence-electron chi connectivity index (χ1n) is 7.59. The van der Waals surface area contributed by atoms with E-state index in [2.05, 4.69) is 9.97 Å². The zero-order valence-corrected chi connectivity index (χ0v) is 13.5. The van der Waals surface area contributed by atoms with E-state index in [9.17, 15) is 18.0 Å². The first kappa shape index (κ1) is 17.1. The fourth-order valence-electron chi connectivity index (χ4n) is 2.71. The fraction of sp³-hybridized carbons (Fsp3) is 0.294. The SMILES string of the molecule is CCOC(=O)c1[nH]cc(Cc2ccc(C(F)(F)F)c3ncoc23)c1C. The van der Waals surface area contributed by atoms with Crippen molar-refractivity contribution in [1.82, 2.24) is 9.97 Å². The lowest BCUT2D eigenvalue weighted by molar-refractivity contribution is -0.136. The topological polar surface area (TPSA) is 68.1 Å². The highest BCUT2D eigenvalue weighted by molar-refractivity contribution is 5.89. The lowest BCUT2D eigenvalue weighted by Gasteiger charge is -2.09. The second kappa shape index (κ2) is 6.27. The number of H-pyrrole nitrogens is 1. The highest BCUT2D eigenvalue weighted by Gasteiger charge is 2.34. The summed E-state index contributed by atoms with van der Waals surface area (Å²) in [6.07, 6.45) is -1.57. The van der Waals surface area contributed by atoms with Crippen molar-refractivity contribution < 1.29 is 27.1 Å². The molecule has 1 aromatic carbocycles. The first-order chi connectivity index (χ1) is 11.8. The zero-order chi connectivity index (χ0) is 18.2. The lowest BCUT2D eigenvalue weighted by Crippen LogP contribution is -2.07. The molecule has 0 radical (unpaired) electrons. The molecule has 8 heteroatoms. The molecule has 0 atom stereocenters. The number of benzene rings is 1. The number of fused-ring (bicyclic) bond motifs is 1. The van der Waals surface area contributed by atoms with E-state index in [1.54, 1.807) is 20.0 Å². The minimum atomic E-state index is -4.51.